The van der Waals surface area contributed by atoms with Gasteiger partial charge < -0.3 is 14.9 Å². The first-order chi connectivity index (χ1) is 16.5. The van der Waals surface area contributed by atoms with Crippen molar-refractivity contribution in [2.75, 3.05) is 0 Å². The van der Waals surface area contributed by atoms with E-state index in [4.69, 9.17) is 4.74 Å². The Kier molecular flexibility index (Phi) is 5.86. The standard InChI is InChI=1S/C29H36N2O3S/c1-6-28-18-27(5,32)29(33,25-31-12-13-35-25)16-21(28)15-26(3,4)24-14-22(9-10-23(24)28)34-17-20-8-7-11-30-19(20)2/h7-14,21,32-33H,6,15-18H2,1-5H3/t21-,27?,28?,29?/m1/s1. The van der Waals surface area contributed by atoms with Crippen LogP contribution in [0.3, 0.4) is 0 Å². The molecule has 2 aromatic heterocycles. The summed E-state index contributed by atoms with van der Waals surface area (Å²) < 4.78 is 6.22. The van der Waals surface area contributed by atoms with Crippen molar-refractivity contribution in [2.24, 2.45) is 5.92 Å². The number of benzene rings is 1. The highest BCUT2D eigenvalue weighted by Crippen LogP contribution is 2.63. The van der Waals surface area contributed by atoms with Crippen LogP contribution >= 0.6 is 11.3 Å². The first-order valence-corrected chi connectivity index (χ1v) is 13.4. The molecule has 0 spiro atoms. The number of aromatic nitrogens is 2. The lowest BCUT2D eigenvalue weighted by Gasteiger charge is -2.60. The van der Waals surface area contributed by atoms with Crippen LogP contribution in [0.2, 0.25) is 0 Å². The highest BCUT2D eigenvalue weighted by Gasteiger charge is 2.63. The van der Waals surface area contributed by atoms with Crippen LogP contribution in [0.15, 0.2) is 48.1 Å². The lowest BCUT2D eigenvalue weighted by molar-refractivity contribution is -0.207. The minimum Gasteiger partial charge on any atom is -0.489 e. The van der Waals surface area contributed by atoms with E-state index < -0.39 is 11.2 Å². The zero-order chi connectivity index (χ0) is 25.1. The Morgan fingerprint density at radius 1 is 1.06 bits per heavy atom. The number of ether oxygens (including phenoxy) is 1. The molecule has 4 atom stereocenters. The van der Waals surface area contributed by atoms with Crippen LogP contribution < -0.4 is 4.74 Å². The Morgan fingerprint density at radius 2 is 1.86 bits per heavy atom. The van der Waals surface area contributed by atoms with Gasteiger partial charge in [0.15, 0.2) is 0 Å². The van der Waals surface area contributed by atoms with E-state index >= 15 is 0 Å². The molecule has 1 fully saturated rings. The zero-order valence-corrected chi connectivity index (χ0v) is 22.2. The number of thiazole rings is 1. The van der Waals surface area contributed by atoms with E-state index in [0.29, 0.717) is 24.5 Å². The molecule has 0 bridgehead atoms. The molecule has 5 nitrogen and oxygen atoms in total. The van der Waals surface area contributed by atoms with Crippen LogP contribution in [-0.2, 0) is 23.0 Å². The molecule has 3 aromatic rings. The molecule has 2 heterocycles. The normalized spacial score (nSPS) is 31.5. The minimum atomic E-state index is -1.34. The summed E-state index contributed by atoms with van der Waals surface area (Å²) >= 11 is 1.43. The largest absolute Gasteiger partial charge is 0.489 e. The van der Waals surface area contributed by atoms with E-state index in [9.17, 15) is 10.2 Å². The van der Waals surface area contributed by atoms with Gasteiger partial charge in [0.25, 0.3) is 0 Å². The number of pyridine rings is 1. The summed E-state index contributed by atoms with van der Waals surface area (Å²) in [4.78, 5) is 8.79. The molecule has 0 amide bonds. The maximum Gasteiger partial charge on any atom is 0.144 e. The molecule has 2 aliphatic rings. The summed E-state index contributed by atoms with van der Waals surface area (Å²) in [7, 11) is 0. The Morgan fingerprint density at radius 3 is 2.54 bits per heavy atom. The third-order valence-electron chi connectivity index (χ3n) is 8.81. The molecule has 186 valence electrons. The molecule has 1 saturated carbocycles. The van der Waals surface area contributed by atoms with Crippen LogP contribution in [0.5, 0.6) is 5.75 Å². The van der Waals surface area contributed by atoms with Crippen LogP contribution in [0.1, 0.15) is 80.8 Å². The van der Waals surface area contributed by atoms with Crippen LogP contribution in [-0.4, -0.2) is 25.8 Å². The third-order valence-corrected chi connectivity index (χ3v) is 9.74. The van der Waals surface area contributed by atoms with Crippen molar-refractivity contribution in [1.82, 2.24) is 9.97 Å². The molecule has 0 radical (unpaired) electrons. The van der Waals surface area contributed by atoms with Crippen molar-refractivity contribution in [2.45, 2.75) is 88.9 Å². The van der Waals surface area contributed by atoms with E-state index in [0.717, 1.165) is 29.8 Å². The van der Waals surface area contributed by atoms with Gasteiger partial charge in [-0.3, -0.25) is 4.98 Å². The molecule has 0 saturated heterocycles. The predicted molar refractivity (Wildman–Crippen MR) is 139 cm³/mol. The van der Waals surface area contributed by atoms with Gasteiger partial charge in [0.05, 0.1) is 5.60 Å². The molecule has 6 heteroatoms. The lowest BCUT2D eigenvalue weighted by atomic mass is 9.46. The number of hydrogen-bond donors (Lipinski definition) is 2. The highest BCUT2D eigenvalue weighted by molar-refractivity contribution is 7.09. The molecular weight excluding hydrogens is 456 g/mol. The van der Waals surface area contributed by atoms with Crippen molar-refractivity contribution in [1.29, 1.82) is 0 Å². The second-order valence-electron chi connectivity index (χ2n) is 11.4. The van der Waals surface area contributed by atoms with E-state index in [1.54, 1.807) is 19.3 Å². The zero-order valence-electron chi connectivity index (χ0n) is 21.3. The van der Waals surface area contributed by atoms with Gasteiger partial charge in [-0.25, -0.2) is 4.98 Å². The average molecular weight is 493 g/mol. The Hall–Kier alpha value is -2.28. The van der Waals surface area contributed by atoms with E-state index in [1.165, 1.54) is 22.5 Å². The summed E-state index contributed by atoms with van der Waals surface area (Å²) in [5, 5.41) is 26.1. The van der Waals surface area contributed by atoms with Crippen molar-refractivity contribution in [3.8, 4) is 5.75 Å². The SMILES string of the molecule is CCC12CC(C)(O)C(O)(c3nccs3)C[C@H]1CC(C)(C)c1cc(OCc3cccnc3C)ccc12. The maximum absolute atomic E-state index is 11.8. The van der Waals surface area contributed by atoms with Gasteiger partial charge in [-0.2, -0.15) is 0 Å². The first kappa shape index (κ1) is 24.4. The van der Waals surface area contributed by atoms with Crippen LogP contribution in [0.25, 0.3) is 0 Å². The summed E-state index contributed by atoms with van der Waals surface area (Å²) in [6.45, 7) is 11.1. The van der Waals surface area contributed by atoms with E-state index in [2.05, 4.69) is 55.0 Å². The summed E-state index contributed by atoms with van der Waals surface area (Å²) in [6, 6.07) is 10.5. The number of rotatable bonds is 5. The quantitative estimate of drug-likeness (QED) is 0.471. The fraction of sp³-hybridized carbons (Fsp3) is 0.517. The number of aryl methyl sites for hydroxylation is 1. The maximum atomic E-state index is 11.8. The van der Waals surface area contributed by atoms with E-state index in [-0.39, 0.29) is 16.7 Å². The monoisotopic (exact) mass is 492 g/mol. The molecule has 3 unspecified atom stereocenters. The lowest BCUT2D eigenvalue weighted by Crippen LogP contribution is -2.63. The molecule has 0 aliphatic heterocycles. The summed E-state index contributed by atoms with van der Waals surface area (Å²) in [5.41, 5.74) is 1.70. The Labute approximate surface area is 212 Å². The third kappa shape index (κ3) is 3.81. The predicted octanol–water partition coefficient (Wildman–Crippen LogP) is 5.80. The fourth-order valence-electron chi connectivity index (χ4n) is 6.77. The number of hydrogen-bond acceptors (Lipinski definition) is 6. The molecule has 2 aliphatic carbocycles. The average Bonchev–Trinajstić information content (AvgIpc) is 3.36. The van der Waals surface area contributed by atoms with Crippen LogP contribution in [0, 0.1) is 12.8 Å². The summed E-state index contributed by atoms with van der Waals surface area (Å²) in [6.07, 6.45) is 6.35. The molecule has 5 rings (SSSR count). The van der Waals surface area contributed by atoms with Crippen molar-refractivity contribution >= 4 is 11.3 Å². The van der Waals surface area contributed by atoms with Gasteiger partial charge in [0.1, 0.15) is 23.0 Å². The number of nitrogens with zero attached hydrogens (tertiary/aromatic N) is 2. The van der Waals surface area contributed by atoms with Gasteiger partial charge in [-0.05, 0) is 80.2 Å². The molecular formula is C29H36N2O3S. The molecule has 35 heavy (non-hydrogen) atoms. The van der Waals surface area contributed by atoms with Gasteiger partial charge in [-0.1, -0.05) is 32.9 Å². The van der Waals surface area contributed by atoms with Gasteiger partial charge in [0, 0.05) is 34.4 Å². The Balaban J connectivity index is 1.53. The minimum absolute atomic E-state index is 0.0881. The van der Waals surface area contributed by atoms with Crippen molar-refractivity contribution in [3.63, 3.8) is 0 Å². The number of fused-ring (bicyclic) bond motifs is 3. The van der Waals surface area contributed by atoms with Gasteiger partial charge >= 0.3 is 0 Å². The van der Waals surface area contributed by atoms with Crippen molar-refractivity contribution < 1.29 is 14.9 Å². The van der Waals surface area contributed by atoms with Crippen molar-refractivity contribution in [3.05, 3.63) is 75.5 Å². The second kappa shape index (κ2) is 8.39. The fourth-order valence-corrected chi connectivity index (χ4v) is 7.64. The molecule has 2 N–H and O–H groups in total. The smallest absolute Gasteiger partial charge is 0.144 e. The highest BCUT2D eigenvalue weighted by atomic mass is 32.1. The second-order valence-corrected chi connectivity index (χ2v) is 12.3. The van der Waals surface area contributed by atoms with Gasteiger partial charge in [0.2, 0.25) is 0 Å². The summed E-state index contributed by atoms with van der Waals surface area (Å²) in [5.74, 6) is 1.08. The van der Waals surface area contributed by atoms with E-state index in [1.807, 2.05) is 18.4 Å². The topological polar surface area (TPSA) is 75.5 Å². The number of aliphatic hydroxyl groups is 2. The van der Waals surface area contributed by atoms with Crippen LogP contribution in [0.4, 0.5) is 0 Å². The van der Waals surface area contributed by atoms with Gasteiger partial charge in [-0.15, -0.1) is 11.3 Å². The molecule has 1 aromatic carbocycles. The first-order valence-electron chi connectivity index (χ1n) is 12.6. The Bertz CT molecular complexity index is 1220.